The van der Waals surface area contributed by atoms with Gasteiger partial charge in [-0.25, -0.2) is 9.18 Å². The minimum atomic E-state index is -1.06. The van der Waals surface area contributed by atoms with Gasteiger partial charge in [0.1, 0.15) is 23.6 Å². The first-order valence-corrected chi connectivity index (χ1v) is 11.3. The third-order valence-electron chi connectivity index (χ3n) is 5.37. The molecule has 8 nitrogen and oxygen atoms in total. The number of carbonyl (C=O) groups excluding carboxylic acids is 1. The van der Waals surface area contributed by atoms with E-state index in [0.717, 1.165) is 5.69 Å². The lowest BCUT2D eigenvalue weighted by atomic mass is 10.1. The van der Waals surface area contributed by atoms with Crippen molar-refractivity contribution in [3.63, 3.8) is 0 Å². The van der Waals surface area contributed by atoms with Gasteiger partial charge in [0.25, 0.3) is 0 Å². The van der Waals surface area contributed by atoms with Crippen molar-refractivity contribution in [3.05, 3.63) is 77.5 Å². The van der Waals surface area contributed by atoms with Crippen LogP contribution in [0.2, 0.25) is 0 Å². The lowest BCUT2D eigenvalue weighted by Gasteiger charge is -2.18. The second kappa shape index (κ2) is 11.0. The SMILES string of the molecule is CNc1cnn(C(C)(C)C)c1.Cc1cc(CC=O)c(F)cc1Oc1ccnc2ccc(C(=O)O)cc12. The molecule has 4 aromatic rings. The Morgan fingerprint density at radius 2 is 1.94 bits per heavy atom. The van der Waals surface area contributed by atoms with E-state index in [2.05, 4.69) is 36.2 Å². The molecule has 0 atom stereocenters. The number of aryl methyl sites for hydroxylation is 1. The summed E-state index contributed by atoms with van der Waals surface area (Å²) in [6.45, 7) is 8.12. The number of pyridine rings is 1. The molecule has 0 unspecified atom stereocenters. The largest absolute Gasteiger partial charge is 0.478 e. The summed E-state index contributed by atoms with van der Waals surface area (Å²) in [5, 5.41) is 16.9. The van der Waals surface area contributed by atoms with Crippen molar-refractivity contribution in [1.82, 2.24) is 14.8 Å². The molecule has 0 fully saturated rings. The van der Waals surface area contributed by atoms with Crippen molar-refractivity contribution in [3.8, 4) is 11.5 Å². The van der Waals surface area contributed by atoms with Crippen LogP contribution in [0.1, 0.15) is 42.3 Å². The zero-order valence-corrected chi connectivity index (χ0v) is 20.9. The molecule has 9 heteroatoms. The van der Waals surface area contributed by atoms with Gasteiger partial charge in [0.15, 0.2) is 0 Å². The monoisotopic (exact) mass is 492 g/mol. The molecule has 2 heterocycles. The zero-order chi connectivity index (χ0) is 26.5. The number of nitrogens with zero attached hydrogens (tertiary/aromatic N) is 3. The van der Waals surface area contributed by atoms with Crippen LogP contribution >= 0.6 is 0 Å². The van der Waals surface area contributed by atoms with E-state index in [1.807, 2.05) is 24.1 Å². The Hall–Kier alpha value is -4.27. The second-order valence-electron chi connectivity index (χ2n) is 9.12. The second-order valence-corrected chi connectivity index (χ2v) is 9.12. The summed E-state index contributed by atoms with van der Waals surface area (Å²) in [6.07, 6.45) is 5.99. The van der Waals surface area contributed by atoms with Gasteiger partial charge in [0, 0.05) is 37.3 Å². The maximum Gasteiger partial charge on any atom is 0.335 e. The average Bonchev–Trinajstić information content (AvgIpc) is 3.33. The fraction of sp³-hybridized carbons (Fsp3) is 0.259. The Kier molecular flexibility index (Phi) is 8.03. The average molecular weight is 493 g/mol. The molecule has 0 bridgehead atoms. The summed E-state index contributed by atoms with van der Waals surface area (Å²) in [5.41, 5.74) is 2.77. The molecule has 0 spiro atoms. The minimum Gasteiger partial charge on any atom is -0.478 e. The van der Waals surface area contributed by atoms with Crippen molar-refractivity contribution in [2.24, 2.45) is 0 Å². The van der Waals surface area contributed by atoms with Crippen molar-refractivity contribution >= 4 is 28.8 Å². The predicted octanol–water partition coefficient (Wildman–Crippen LogP) is 5.59. The molecule has 0 aliphatic carbocycles. The van der Waals surface area contributed by atoms with Crippen LogP contribution in [-0.4, -0.2) is 39.2 Å². The molecule has 2 aromatic heterocycles. The molecule has 2 N–H and O–H groups in total. The number of hydrogen-bond acceptors (Lipinski definition) is 6. The number of ether oxygens (including phenoxy) is 1. The smallest absolute Gasteiger partial charge is 0.335 e. The Labute approximate surface area is 208 Å². The van der Waals surface area contributed by atoms with Crippen molar-refractivity contribution in [2.75, 3.05) is 12.4 Å². The normalized spacial score (nSPS) is 10.9. The maximum absolute atomic E-state index is 14.1. The number of aromatic nitrogens is 3. The fourth-order valence-corrected chi connectivity index (χ4v) is 3.36. The lowest BCUT2D eigenvalue weighted by molar-refractivity contribution is -0.107. The lowest BCUT2D eigenvalue weighted by Crippen LogP contribution is -2.21. The van der Waals surface area contributed by atoms with E-state index in [9.17, 15) is 14.0 Å². The van der Waals surface area contributed by atoms with E-state index in [-0.39, 0.29) is 17.5 Å². The van der Waals surface area contributed by atoms with Gasteiger partial charge in [0.2, 0.25) is 0 Å². The van der Waals surface area contributed by atoms with Crippen LogP contribution in [0.25, 0.3) is 10.9 Å². The maximum atomic E-state index is 14.1. The van der Waals surface area contributed by atoms with Crippen LogP contribution in [0.15, 0.2) is 55.0 Å². The molecule has 0 saturated carbocycles. The Morgan fingerprint density at radius 1 is 1.19 bits per heavy atom. The molecule has 2 aromatic carbocycles. The summed E-state index contributed by atoms with van der Waals surface area (Å²) < 4.78 is 21.8. The number of rotatable bonds is 6. The van der Waals surface area contributed by atoms with Crippen LogP contribution in [0.5, 0.6) is 11.5 Å². The molecular weight excluding hydrogens is 463 g/mol. The molecule has 0 radical (unpaired) electrons. The van der Waals surface area contributed by atoms with Crippen molar-refractivity contribution in [2.45, 2.75) is 39.7 Å². The number of nitrogens with one attached hydrogen (secondary N) is 1. The molecule has 0 saturated heterocycles. The first-order valence-electron chi connectivity index (χ1n) is 11.3. The number of hydrogen-bond donors (Lipinski definition) is 2. The number of fused-ring (bicyclic) bond motifs is 1. The van der Waals surface area contributed by atoms with Gasteiger partial charge in [0.05, 0.1) is 28.5 Å². The highest BCUT2D eigenvalue weighted by molar-refractivity contribution is 5.95. The van der Waals surface area contributed by atoms with Crippen molar-refractivity contribution < 1.29 is 23.8 Å². The number of carbonyl (C=O) groups is 2. The summed E-state index contributed by atoms with van der Waals surface area (Å²) in [5.74, 6) is -0.923. The Morgan fingerprint density at radius 3 is 2.53 bits per heavy atom. The quantitative estimate of drug-likeness (QED) is 0.338. The molecular formula is C27H29FN4O4. The van der Waals surface area contributed by atoms with E-state index in [0.29, 0.717) is 39.8 Å². The van der Waals surface area contributed by atoms with Gasteiger partial charge in [-0.2, -0.15) is 5.10 Å². The number of benzene rings is 2. The highest BCUT2D eigenvalue weighted by Crippen LogP contribution is 2.32. The van der Waals surface area contributed by atoms with Gasteiger partial charge < -0.3 is 20.0 Å². The molecule has 0 aliphatic heterocycles. The third-order valence-corrected chi connectivity index (χ3v) is 5.37. The summed E-state index contributed by atoms with van der Waals surface area (Å²) in [6, 6.07) is 8.89. The summed E-state index contributed by atoms with van der Waals surface area (Å²) in [7, 11) is 1.89. The number of aromatic carboxylic acids is 1. The standard InChI is InChI=1S/C19H14FNO4.C8H15N3/c1-11-8-12(5-7-22)15(20)10-18(11)25-17-4-6-21-16-3-2-13(19(23)24)9-14(16)17;1-8(2,3)11-6-7(9-4)5-10-11/h2-4,6-10H,5H2,1H3,(H,23,24);5-6,9H,1-4H3. The van der Waals surface area contributed by atoms with Gasteiger partial charge in [-0.15, -0.1) is 0 Å². The minimum absolute atomic E-state index is 0.00683. The number of anilines is 1. The van der Waals surface area contributed by atoms with Crippen LogP contribution in [0.3, 0.4) is 0 Å². The van der Waals surface area contributed by atoms with Gasteiger partial charge in [-0.3, -0.25) is 9.67 Å². The van der Waals surface area contributed by atoms with Crippen LogP contribution in [0.4, 0.5) is 10.1 Å². The van der Waals surface area contributed by atoms with Crippen molar-refractivity contribution in [1.29, 1.82) is 0 Å². The van der Waals surface area contributed by atoms with Crippen LogP contribution < -0.4 is 10.1 Å². The van der Waals surface area contributed by atoms with E-state index >= 15 is 0 Å². The molecule has 4 rings (SSSR count). The Balaban J connectivity index is 0.000000275. The van der Waals surface area contributed by atoms with Crippen LogP contribution in [0, 0.1) is 12.7 Å². The van der Waals surface area contributed by atoms with Gasteiger partial charge in [-0.05, 0) is 69.2 Å². The van der Waals surface area contributed by atoms with E-state index in [1.165, 1.54) is 24.4 Å². The zero-order valence-electron chi connectivity index (χ0n) is 20.9. The van der Waals surface area contributed by atoms with Gasteiger partial charge >= 0.3 is 5.97 Å². The predicted molar refractivity (Wildman–Crippen MR) is 136 cm³/mol. The van der Waals surface area contributed by atoms with E-state index in [4.69, 9.17) is 9.84 Å². The van der Waals surface area contributed by atoms with E-state index in [1.54, 1.807) is 25.1 Å². The highest BCUT2D eigenvalue weighted by atomic mass is 19.1. The summed E-state index contributed by atoms with van der Waals surface area (Å²) in [4.78, 5) is 25.9. The Bertz CT molecular complexity index is 1390. The highest BCUT2D eigenvalue weighted by Gasteiger charge is 2.14. The number of halogens is 1. The summed E-state index contributed by atoms with van der Waals surface area (Å²) >= 11 is 0. The number of aldehydes is 1. The molecule has 36 heavy (non-hydrogen) atoms. The first-order chi connectivity index (χ1) is 17.0. The molecule has 188 valence electrons. The topological polar surface area (TPSA) is 106 Å². The number of carboxylic acids is 1. The molecule has 0 aliphatic rings. The fourth-order valence-electron chi connectivity index (χ4n) is 3.36. The molecule has 0 amide bonds. The van der Waals surface area contributed by atoms with Gasteiger partial charge in [-0.1, -0.05) is 0 Å². The third kappa shape index (κ3) is 6.24. The number of carboxylic acid groups (broad SMARTS) is 1. The van der Waals surface area contributed by atoms with Crippen LogP contribution in [-0.2, 0) is 16.8 Å². The first kappa shape index (κ1) is 26.3. The van der Waals surface area contributed by atoms with E-state index < -0.39 is 11.8 Å².